The van der Waals surface area contributed by atoms with Crippen molar-refractivity contribution in [2.75, 3.05) is 0 Å². The first kappa shape index (κ1) is 13.2. The summed E-state index contributed by atoms with van der Waals surface area (Å²) in [7, 11) is 0. The van der Waals surface area contributed by atoms with E-state index in [-0.39, 0.29) is 0 Å². The predicted octanol–water partition coefficient (Wildman–Crippen LogP) is 3.12. The van der Waals surface area contributed by atoms with Gasteiger partial charge in [0.05, 0.1) is 12.2 Å². The van der Waals surface area contributed by atoms with Gasteiger partial charge in [-0.3, -0.25) is 4.98 Å². The van der Waals surface area contributed by atoms with E-state index < -0.39 is 0 Å². The van der Waals surface area contributed by atoms with Gasteiger partial charge in [-0.05, 0) is 44.9 Å². The summed E-state index contributed by atoms with van der Waals surface area (Å²) in [6, 6.07) is 6.59. The van der Waals surface area contributed by atoms with E-state index in [1.165, 1.54) is 12.8 Å². The first-order valence-electron chi connectivity index (χ1n) is 7.08. The second kappa shape index (κ2) is 5.67. The second-order valence-electron chi connectivity index (χ2n) is 5.32. The molecule has 0 bridgehead atoms. The van der Waals surface area contributed by atoms with Crippen molar-refractivity contribution in [3.63, 3.8) is 0 Å². The maximum Gasteiger partial charge on any atom is 0.141 e. The molecule has 1 fully saturated rings. The number of aryl methyl sites for hydroxylation is 2. The van der Waals surface area contributed by atoms with Gasteiger partial charge in [-0.2, -0.15) is 0 Å². The van der Waals surface area contributed by atoms with Crippen molar-refractivity contribution < 1.29 is 9.15 Å². The Morgan fingerprint density at radius 3 is 3.00 bits per heavy atom. The average molecular weight is 272 g/mol. The van der Waals surface area contributed by atoms with Crippen molar-refractivity contribution in [2.24, 2.45) is 0 Å². The van der Waals surface area contributed by atoms with Crippen LogP contribution in [-0.4, -0.2) is 11.0 Å². The lowest BCUT2D eigenvalue weighted by atomic mass is 10.2. The third-order valence-electron chi connectivity index (χ3n) is 3.56. The molecule has 4 heteroatoms. The Kier molecular flexibility index (Phi) is 3.74. The molecule has 0 atom stereocenters. The Labute approximate surface area is 119 Å². The molecule has 0 unspecified atom stereocenters. The van der Waals surface area contributed by atoms with E-state index >= 15 is 0 Å². The molecule has 0 radical (unpaired) electrons. The van der Waals surface area contributed by atoms with Gasteiger partial charge in [0.2, 0.25) is 0 Å². The zero-order valence-electron chi connectivity index (χ0n) is 12.0. The van der Waals surface area contributed by atoms with Gasteiger partial charge in [0.15, 0.2) is 0 Å². The highest BCUT2D eigenvalue weighted by Crippen LogP contribution is 2.22. The Balaban J connectivity index is 1.60. The highest BCUT2D eigenvalue weighted by molar-refractivity contribution is 5.27. The zero-order valence-corrected chi connectivity index (χ0v) is 12.0. The molecule has 4 nitrogen and oxygen atoms in total. The van der Waals surface area contributed by atoms with Crippen LogP contribution < -0.4 is 10.1 Å². The molecule has 2 heterocycles. The zero-order chi connectivity index (χ0) is 13.9. The van der Waals surface area contributed by atoms with E-state index in [4.69, 9.17) is 9.15 Å². The summed E-state index contributed by atoms with van der Waals surface area (Å²) >= 11 is 0. The van der Waals surface area contributed by atoms with E-state index in [2.05, 4.69) is 16.4 Å². The number of hydrogen-bond acceptors (Lipinski definition) is 4. The van der Waals surface area contributed by atoms with E-state index in [1.807, 2.05) is 26.0 Å². The van der Waals surface area contributed by atoms with Crippen LogP contribution in [0.3, 0.4) is 0 Å². The molecule has 2 aromatic rings. The Morgan fingerprint density at radius 1 is 1.40 bits per heavy atom. The molecule has 2 aromatic heterocycles. The lowest BCUT2D eigenvalue weighted by Crippen LogP contribution is -2.14. The van der Waals surface area contributed by atoms with Gasteiger partial charge in [0.1, 0.15) is 23.9 Å². The molecule has 1 aliphatic carbocycles. The maximum absolute atomic E-state index is 5.81. The Hall–Kier alpha value is -1.81. The standard InChI is InChI=1S/C16H20N2O2/c1-11-16(4-3-7-17-11)19-10-13-8-15(20-12(13)2)9-18-14-5-6-14/h3-4,7-8,14,18H,5-6,9-10H2,1-2H3. The van der Waals surface area contributed by atoms with Gasteiger partial charge < -0.3 is 14.5 Å². The summed E-state index contributed by atoms with van der Waals surface area (Å²) in [6.45, 7) is 5.25. The molecule has 0 saturated heterocycles. The molecule has 0 spiro atoms. The summed E-state index contributed by atoms with van der Waals surface area (Å²) in [4.78, 5) is 4.22. The fourth-order valence-electron chi connectivity index (χ4n) is 2.13. The SMILES string of the molecule is Cc1ncccc1OCc1cc(CNC2CC2)oc1C. The summed E-state index contributed by atoms with van der Waals surface area (Å²) in [5.41, 5.74) is 2.00. The quantitative estimate of drug-likeness (QED) is 0.877. The largest absolute Gasteiger partial charge is 0.487 e. The molecule has 0 aromatic carbocycles. The number of aromatic nitrogens is 1. The molecule has 1 saturated carbocycles. The number of nitrogens with one attached hydrogen (secondary N) is 1. The molecule has 0 aliphatic heterocycles. The van der Waals surface area contributed by atoms with Crippen LogP contribution in [0.4, 0.5) is 0 Å². The monoisotopic (exact) mass is 272 g/mol. The highest BCUT2D eigenvalue weighted by Gasteiger charge is 2.20. The lowest BCUT2D eigenvalue weighted by molar-refractivity contribution is 0.299. The fraction of sp³-hybridized carbons (Fsp3) is 0.438. The molecule has 3 rings (SSSR count). The molecule has 1 N–H and O–H groups in total. The number of rotatable bonds is 6. The summed E-state index contributed by atoms with van der Waals surface area (Å²) in [5, 5.41) is 3.45. The molecule has 1 aliphatic rings. The van der Waals surface area contributed by atoms with Crippen molar-refractivity contribution in [3.05, 3.63) is 47.2 Å². The third kappa shape index (κ3) is 3.20. The normalized spacial score (nSPS) is 14.5. The number of hydrogen-bond donors (Lipinski definition) is 1. The van der Waals surface area contributed by atoms with Crippen LogP contribution in [0.15, 0.2) is 28.8 Å². The summed E-state index contributed by atoms with van der Waals surface area (Å²) in [6.07, 6.45) is 4.35. The molecule has 106 valence electrons. The van der Waals surface area contributed by atoms with E-state index in [9.17, 15) is 0 Å². The Bertz CT molecular complexity index is 588. The summed E-state index contributed by atoms with van der Waals surface area (Å²) in [5.74, 6) is 2.74. The van der Waals surface area contributed by atoms with E-state index in [0.29, 0.717) is 12.6 Å². The van der Waals surface area contributed by atoms with Gasteiger partial charge in [-0.15, -0.1) is 0 Å². The Morgan fingerprint density at radius 2 is 2.25 bits per heavy atom. The van der Waals surface area contributed by atoms with Gasteiger partial charge in [-0.25, -0.2) is 0 Å². The van der Waals surface area contributed by atoms with Crippen LogP contribution in [0.2, 0.25) is 0 Å². The van der Waals surface area contributed by atoms with Crippen LogP contribution in [-0.2, 0) is 13.2 Å². The minimum atomic E-state index is 0.519. The number of furan rings is 1. The van der Waals surface area contributed by atoms with Crippen molar-refractivity contribution in [1.82, 2.24) is 10.3 Å². The second-order valence-corrected chi connectivity index (χ2v) is 5.32. The maximum atomic E-state index is 5.81. The van der Waals surface area contributed by atoms with Gasteiger partial charge in [0.25, 0.3) is 0 Å². The first-order chi connectivity index (χ1) is 9.72. The smallest absolute Gasteiger partial charge is 0.141 e. The fourth-order valence-corrected chi connectivity index (χ4v) is 2.13. The van der Waals surface area contributed by atoms with E-state index in [0.717, 1.165) is 35.1 Å². The first-order valence-corrected chi connectivity index (χ1v) is 7.08. The van der Waals surface area contributed by atoms with Crippen LogP contribution in [0, 0.1) is 13.8 Å². The van der Waals surface area contributed by atoms with E-state index in [1.54, 1.807) is 6.20 Å². The minimum Gasteiger partial charge on any atom is -0.487 e. The van der Waals surface area contributed by atoms with Crippen LogP contribution in [0.25, 0.3) is 0 Å². The highest BCUT2D eigenvalue weighted by atomic mass is 16.5. The molecule has 20 heavy (non-hydrogen) atoms. The van der Waals surface area contributed by atoms with Gasteiger partial charge in [-0.1, -0.05) is 0 Å². The molecular weight excluding hydrogens is 252 g/mol. The number of nitrogens with zero attached hydrogens (tertiary/aromatic N) is 1. The van der Waals surface area contributed by atoms with Crippen molar-refractivity contribution in [3.8, 4) is 5.75 Å². The molecule has 0 amide bonds. The van der Waals surface area contributed by atoms with Crippen molar-refractivity contribution in [1.29, 1.82) is 0 Å². The van der Waals surface area contributed by atoms with Gasteiger partial charge >= 0.3 is 0 Å². The van der Waals surface area contributed by atoms with Crippen LogP contribution in [0.5, 0.6) is 5.75 Å². The van der Waals surface area contributed by atoms with Crippen LogP contribution in [0.1, 0.15) is 35.6 Å². The third-order valence-corrected chi connectivity index (χ3v) is 3.56. The predicted molar refractivity (Wildman–Crippen MR) is 76.6 cm³/mol. The number of pyridine rings is 1. The minimum absolute atomic E-state index is 0.519. The average Bonchev–Trinajstić information content (AvgIpc) is 3.20. The van der Waals surface area contributed by atoms with Crippen LogP contribution >= 0.6 is 0 Å². The molecular formula is C16H20N2O2. The number of ether oxygens (including phenoxy) is 1. The van der Waals surface area contributed by atoms with Gasteiger partial charge in [0, 0.05) is 17.8 Å². The summed E-state index contributed by atoms with van der Waals surface area (Å²) < 4.78 is 11.6. The van der Waals surface area contributed by atoms with Crippen molar-refractivity contribution in [2.45, 2.75) is 45.9 Å². The lowest BCUT2D eigenvalue weighted by Gasteiger charge is -2.06. The van der Waals surface area contributed by atoms with Crippen molar-refractivity contribution >= 4 is 0 Å². The topological polar surface area (TPSA) is 47.3 Å².